The van der Waals surface area contributed by atoms with E-state index in [4.69, 9.17) is 9.47 Å². The lowest BCUT2D eigenvalue weighted by atomic mass is 10.1. The number of thiophene rings is 1. The molecule has 0 saturated carbocycles. The largest absolute Gasteiger partial charge is 0.497 e. The topological polar surface area (TPSA) is 47.6 Å². The molecular formula is C18H21NO3S2. The zero-order valence-corrected chi connectivity index (χ0v) is 15.4. The standard InChI is InChI=1S/C18H21NO3S2/c1-21-15-7-5-14(17(12-15)22-2)6-8-18(20)19-9-11-23-13-16-4-3-10-24-16/h3-8,10,12H,9,11,13H2,1-2H3,(H,19,20)/b8-6+. The number of rotatable bonds is 9. The number of amides is 1. The van der Waals surface area contributed by atoms with Gasteiger partial charge in [-0.25, -0.2) is 0 Å². The number of ether oxygens (including phenoxy) is 2. The normalized spacial score (nSPS) is 10.8. The van der Waals surface area contributed by atoms with Gasteiger partial charge < -0.3 is 14.8 Å². The zero-order valence-electron chi connectivity index (χ0n) is 13.8. The molecule has 4 nitrogen and oxygen atoms in total. The summed E-state index contributed by atoms with van der Waals surface area (Å²) >= 11 is 3.57. The Morgan fingerprint density at radius 1 is 1.29 bits per heavy atom. The first-order chi connectivity index (χ1) is 11.7. The molecule has 1 amide bonds. The molecule has 0 unspecified atom stereocenters. The van der Waals surface area contributed by atoms with Crippen molar-refractivity contribution in [1.29, 1.82) is 0 Å². The molecule has 0 aliphatic rings. The van der Waals surface area contributed by atoms with Gasteiger partial charge >= 0.3 is 0 Å². The summed E-state index contributed by atoms with van der Waals surface area (Å²) in [6.07, 6.45) is 3.26. The maximum Gasteiger partial charge on any atom is 0.244 e. The summed E-state index contributed by atoms with van der Waals surface area (Å²) in [5, 5.41) is 4.96. The van der Waals surface area contributed by atoms with Crippen molar-refractivity contribution in [2.75, 3.05) is 26.5 Å². The Morgan fingerprint density at radius 3 is 2.88 bits per heavy atom. The Labute approximate surface area is 150 Å². The maximum atomic E-state index is 11.9. The average molecular weight is 364 g/mol. The summed E-state index contributed by atoms with van der Waals surface area (Å²) in [5.41, 5.74) is 0.834. The van der Waals surface area contributed by atoms with Crippen LogP contribution in [0.25, 0.3) is 6.08 Å². The van der Waals surface area contributed by atoms with Crippen LogP contribution in [0.3, 0.4) is 0 Å². The summed E-state index contributed by atoms with van der Waals surface area (Å²) in [7, 11) is 3.20. The van der Waals surface area contributed by atoms with Crippen LogP contribution in [0.1, 0.15) is 10.4 Å². The first-order valence-electron chi connectivity index (χ1n) is 7.51. The molecule has 6 heteroatoms. The third-order valence-corrected chi connectivity index (χ3v) is 5.29. The Morgan fingerprint density at radius 2 is 2.17 bits per heavy atom. The fourth-order valence-electron chi connectivity index (χ4n) is 1.99. The predicted molar refractivity (Wildman–Crippen MR) is 102 cm³/mol. The Balaban J connectivity index is 1.74. The Bertz CT molecular complexity index is 669. The molecule has 0 fully saturated rings. The van der Waals surface area contributed by atoms with Gasteiger partial charge in [-0.1, -0.05) is 6.07 Å². The third kappa shape index (κ3) is 5.94. The average Bonchev–Trinajstić information content (AvgIpc) is 3.12. The summed E-state index contributed by atoms with van der Waals surface area (Å²) in [5.74, 6) is 3.17. The van der Waals surface area contributed by atoms with E-state index in [-0.39, 0.29) is 5.91 Å². The van der Waals surface area contributed by atoms with Crippen LogP contribution in [0.5, 0.6) is 11.5 Å². The van der Waals surface area contributed by atoms with Gasteiger partial charge in [0.25, 0.3) is 0 Å². The number of thioether (sulfide) groups is 1. The van der Waals surface area contributed by atoms with Gasteiger partial charge in [-0.05, 0) is 29.7 Å². The maximum absolute atomic E-state index is 11.9. The quantitative estimate of drug-likeness (QED) is 0.543. The van der Waals surface area contributed by atoms with E-state index in [1.165, 1.54) is 11.0 Å². The van der Waals surface area contributed by atoms with Gasteiger partial charge in [0.15, 0.2) is 0 Å². The summed E-state index contributed by atoms with van der Waals surface area (Å²) < 4.78 is 10.5. The molecule has 0 atom stereocenters. The number of nitrogens with one attached hydrogen (secondary N) is 1. The van der Waals surface area contributed by atoms with Crippen LogP contribution in [0, 0.1) is 0 Å². The van der Waals surface area contributed by atoms with Crippen LogP contribution in [-0.4, -0.2) is 32.4 Å². The van der Waals surface area contributed by atoms with E-state index in [0.29, 0.717) is 12.3 Å². The van der Waals surface area contributed by atoms with Crippen molar-refractivity contribution in [1.82, 2.24) is 5.32 Å². The fraction of sp³-hybridized carbons (Fsp3) is 0.278. The van der Waals surface area contributed by atoms with E-state index < -0.39 is 0 Å². The van der Waals surface area contributed by atoms with Crippen LogP contribution >= 0.6 is 23.1 Å². The van der Waals surface area contributed by atoms with Crippen molar-refractivity contribution < 1.29 is 14.3 Å². The van der Waals surface area contributed by atoms with Crippen molar-refractivity contribution in [3.63, 3.8) is 0 Å². The number of hydrogen-bond donors (Lipinski definition) is 1. The van der Waals surface area contributed by atoms with Gasteiger partial charge in [-0.2, -0.15) is 11.8 Å². The second-order valence-electron chi connectivity index (χ2n) is 4.86. The minimum Gasteiger partial charge on any atom is -0.497 e. The highest BCUT2D eigenvalue weighted by Crippen LogP contribution is 2.25. The Kier molecular flexibility index (Phi) is 7.71. The van der Waals surface area contributed by atoms with E-state index in [1.54, 1.807) is 37.7 Å². The summed E-state index contributed by atoms with van der Waals surface area (Å²) in [6.45, 7) is 0.652. The summed E-state index contributed by atoms with van der Waals surface area (Å²) in [6, 6.07) is 9.67. The smallest absolute Gasteiger partial charge is 0.244 e. The number of carbonyl (C=O) groups is 1. The molecular weight excluding hydrogens is 342 g/mol. The van der Waals surface area contributed by atoms with Gasteiger partial charge in [-0.3, -0.25) is 4.79 Å². The van der Waals surface area contributed by atoms with Crippen LogP contribution < -0.4 is 14.8 Å². The number of carbonyl (C=O) groups excluding carboxylic acids is 1. The fourth-order valence-corrected chi connectivity index (χ4v) is 3.69. The third-order valence-electron chi connectivity index (χ3n) is 3.22. The van der Waals surface area contributed by atoms with E-state index >= 15 is 0 Å². The molecule has 1 aromatic carbocycles. The molecule has 0 aliphatic heterocycles. The molecule has 0 spiro atoms. The van der Waals surface area contributed by atoms with Crippen molar-refractivity contribution in [3.05, 3.63) is 52.2 Å². The van der Waals surface area contributed by atoms with Crippen LogP contribution in [-0.2, 0) is 10.5 Å². The van der Waals surface area contributed by atoms with Crippen LogP contribution in [0.4, 0.5) is 0 Å². The lowest BCUT2D eigenvalue weighted by Crippen LogP contribution is -2.23. The summed E-state index contributed by atoms with van der Waals surface area (Å²) in [4.78, 5) is 13.2. The van der Waals surface area contributed by atoms with E-state index in [1.807, 2.05) is 23.9 Å². The number of benzene rings is 1. The number of hydrogen-bond acceptors (Lipinski definition) is 5. The van der Waals surface area contributed by atoms with Crippen molar-refractivity contribution in [2.24, 2.45) is 0 Å². The first kappa shape index (κ1) is 18.4. The van der Waals surface area contributed by atoms with Crippen molar-refractivity contribution in [2.45, 2.75) is 5.75 Å². The Hall–Kier alpha value is -1.92. The second kappa shape index (κ2) is 10.1. The highest BCUT2D eigenvalue weighted by Gasteiger charge is 2.03. The van der Waals surface area contributed by atoms with Gasteiger partial charge in [0.05, 0.1) is 14.2 Å². The molecule has 24 heavy (non-hydrogen) atoms. The van der Waals surface area contributed by atoms with Crippen LogP contribution in [0.15, 0.2) is 41.8 Å². The molecule has 0 radical (unpaired) electrons. The second-order valence-corrected chi connectivity index (χ2v) is 7.00. The predicted octanol–water partition coefficient (Wildman–Crippen LogP) is 3.83. The van der Waals surface area contributed by atoms with E-state index in [9.17, 15) is 4.79 Å². The molecule has 2 aromatic rings. The zero-order chi connectivity index (χ0) is 17.2. The molecule has 0 saturated heterocycles. The van der Waals surface area contributed by atoms with E-state index in [2.05, 4.69) is 22.8 Å². The molecule has 1 heterocycles. The molecule has 1 N–H and O–H groups in total. The van der Waals surface area contributed by atoms with Gasteiger partial charge in [0.1, 0.15) is 11.5 Å². The highest BCUT2D eigenvalue weighted by atomic mass is 32.2. The van der Waals surface area contributed by atoms with Gasteiger partial charge in [0, 0.05) is 40.6 Å². The first-order valence-corrected chi connectivity index (χ1v) is 9.54. The van der Waals surface area contributed by atoms with Gasteiger partial charge in [-0.15, -0.1) is 11.3 Å². The lowest BCUT2D eigenvalue weighted by Gasteiger charge is -2.07. The number of methoxy groups -OCH3 is 2. The molecule has 0 aliphatic carbocycles. The minimum atomic E-state index is -0.107. The van der Waals surface area contributed by atoms with E-state index in [0.717, 1.165) is 22.8 Å². The molecule has 2 rings (SSSR count). The van der Waals surface area contributed by atoms with Crippen molar-refractivity contribution in [3.8, 4) is 11.5 Å². The van der Waals surface area contributed by atoms with Gasteiger partial charge in [0.2, 0.25) is 5.91 Å². The SMILES string of the molecule is COc1ccc(/C=C/C(=O)NCCSCc2cccs2)c(OC)c1. The molecule has 1 aromatic heterocycles. The monoisotopic (exact) mass is 363 g/mol. The molecule has 0 bridgehead atoms. The van der Waals surface area contributed by atoms with Crippen LogP contribution in [0.2, 0.25) is 0 Å². The van der Waals surface area contributed by atoms with Crippen molar-refractivity contribution >= 4 is 35.1 Å². The minimum absolute atomic E-state index is 0.107. The lowest BCUT2D eigenvalue weighted by molar-refractivity contribution is -0.116. The molecule has 128 valence electrons. The highest BCUT2D eigenvalue weighted by molar-refractivity contribution is 7.98.